The van der Waals surface area contributed by atoms with Crippen LogP contribution in [0.3, 0.4) is 0 Å². The molecule has 0 N–H and O–H groups in total. The van der Waals surface area contributed by atoms with E-state index in [-0.39, 0.29) is 26.8 Å². The van der Waals surface area contributed by atoms with Gasteiger partial charge >= 0.3 is 0 Å². The lowest BCUT2D eigenvalue weighted by Crippen LogP contribution is -2.11. The minimum Gasteiger partial charge on any atom is -0.497 e. The van der Waals surface area contributed by atoms with Gasteiger partial charge in [-0.05, 0) is 47.2 Å². The summed E-state index contributed by atoms with van der Waals surface area (Å²) in [5.41, 5.74) is 0.536. The summed E-state index contributed by atoms with van der Waals surface area (Å²) in [5, 5.41) is 5.67. The molecular weight excluding hydrogens is 450 g/mol. The van der Waals surface area contributed by atoms with Gasteiger partial charge in [0.15, 0.2) is 16.3 Å². The van der Waals surface area contributed by atoms with Crippen molar-refractivity contribution in [2.45, 2.75) is 9.79 Å². The Hall–Kier alpha value is -4.23. The van der Waals surface area contributed by atoms with Gasteiger partial charge in [-0.15, -0.1) is 0 Å². The lowest BCUT2D eigenvalue weighted by Gasteiger charge is -2.09. The average Bonchev–Trinajstić information content (AvgIpc) is 3.34. The third-order valence-electron chi connectivity index (χ3n) is 5.57. The van der Waals surface area contributed by atoms with Gasteiger partial charge in [0.25, 0.3) is 0 Å². The SMILES string of the molecule is COc1ccc(C(=O)c2noc(-c3cccc4ccccc34)c2S(=O)(=O)c2ccccc2)cc1. The molecule has 168 valence electrons. The van der Waals surface area contributed by atoms with Crippen molar-refractivity contribution in [1.29, 1.82) is 0 Å². The van der Waals surface area contributed by atoms with Crippen molar-refractivity contribution in [3.05, 3.63) is 108 Å². The number of aromatic nitrogens is 1. The third kappa shape index (κ3) is 3.66. The monoisotopic (exact) mass is 469 g/mol. The molecule has 0 atom stereocenters. The fraction of sp³-hybridized carbons (Fsp3) is 0.0370. The molecule has 5 aromatic rings. The molecule has 0 saturated carbocycles. The normalized spacial score (nSPS) is 11.4. The Morgan fingerprint density at radius 2 is 1.50 bits per heavy atom. The standard InChI is InChI=1S/C27H19NO5S/c1-32-20-16-14-19(15-17-20)25(29)24-27(34(30,31)21-10-3-2-4-11-21)26(33-28-24)23-13-7-9-18-8-5-6-12-22(18)23/h2-17H,1H3. The molecule has 7 heteroatoms. The zero-order chi connectivity index (χ0) is 23.7. The van der Waals surface area contributed by atoms with E-state index < -0.39 is 15.6 Å². The number of carbonyl (C=O) groups excluding carboxylic acids is 1. The summed E-state index contributed by atoms with van der Waals surface area (Å²) in [6.07, 6.45) is 0. The number of hydrogen-bond donors (Lipinski definition) is 0. The first-order chi connectivity index (χ1) is 16.5. The van der Waals surface area contributed by atoms with Gasteiger partial charge in [0.05, 0.1) is 12.0 Å². The van der Waals surface area contributed by atoms with Gasteiger partial charge in [-0.3, -0.25) is 4.79 Å². The summed E-state index contributed by atoms with van der Waals surface area (Å²) >= 11 is 0. The third-order valence-corrected chi connectivity index (χ3v) is 7.38. The van der Waals surface area contributed by atoms with Crippen molar-refractivity contribution in [2.75, 3.05) is 7.11 Å². The van der Waals surface area contributed by atoms with Gasteiger partial charge in [0.2, 0.25) is 15.6 Å². The van der Waals surface area contributed by atoms with E-state index >= 15 is 0 Å². The second kappa shape index (κ2) is 8.61. The number of hydrogen-bond acceptors (Lipinski definition) is 6. The van der Waals surface area contributed by atoms with E-state index in [9.17, 15) is 13.2 Å². The molecule has 0 radical (unpaired) electrons. The number of carbonyl (C=O) groups is 1. The molecule has 0 spiro atoms. The van der Waals surface area contributed by atoms with Crippen LogP contribution in [0.2, 0.25) is 0 Å². The number of ketones is 1. The molecule has 0 aliphatic heterocycles. The van der Waals surface area contributed by atoms with Gasteiger partial charge in [-0.2, -0.15) is 0 Å². The first-order valence-corrected chi connectivity index (χ1v) is 12.0. The minimum atomic E-state index is -4.14. The Kier molecular flexibility index (Phi) is 5.47. The maximum Gasteiger partial charge on any atom is 0.216 e. The van der Waals surface area contributed by atoms with E-state index in [2.05, 4.69) is 5.16 Å². The molecule has 0 fully saturated rings. The van der Waals surface area contributed by atoms with Crippen LogP contribution in [0.4, 0.5) is 0 Å². The Labute approximate surface area is 196 Å². The first kappa shape index (κ1) is 21.6. The average molecular weight is 470 g/mol. The van der Waals surface area contributed by atoms with Crippen LogP contribution in [-0.2, 0) is 9.84 Å². The van der Waals surface area contributed by atoms with E-state index in [1.807, 2.05) is 36.4 Å². The van der Waals surface area contributed by atoms with Crippen molar-refractivity contribution < 1.29 is 22.5 Å². The van der Waals surface area contributed by atoms with Crippen LogP contribution in [0.25, 0.3) is 22.1 Å². The first-order valence-electron chi connectivity index (χ1n) is 10.5. The van der Waals surface area contributed by atoms with Gasteiger partial charge in [0, 0.05) is 11.1 Å². The van der Waals surface area contributed by atoms with E-state index in [0.29, 0.717) is 11.3 Å². The number of methoxy groups -OCH3 is 1. The summed E-state index contributed by atoms with van der Waals surface area (Å²) in [6.45, 7) is 0. The van der Waals surface area contributed by atoms with Gasteiger partial charge in [0.1, 0.15) is 5.75 Å². The Balaban J connectivity index is 1.77. The topological polar surface area (TPSA) is 86.5 Å². The highest BCUT2D eigenvalue weighted by molar-refractivity contribution is 7.91. The molecule has 0 saturated heterocycles. The Morgan fingerprint density at radius 3 is 2.24 bits per heavy atom. The summed E-state index contributed by atoms with van der Waals surface area (Å²) in [5.74, 6) is 0.0372. The molecule has 6 nitrogen and oxygen atoms in total. The van der Waals surface area contributed by atoms with Crippen LogP contribution < -0.4 is 4.74 Å². The van der Waals surface area contributed by atoms with Crippen molar-refractivity contribution >= 4 is 26.4 Å². The molecule has 0 aliphatic carbocycles. The van der Waals surface area contributed by atoms with Gasteiger partial charge in [-0.1, -0.05) is 65.8 Å². The second-order valence-corrected chi connectivity index (χ2v) is 9.48. The highest BCUT2D eigenvalue weighted by Gasteiger charge is 2.34. The molecule has 34 heavy (non-hydrogen) atoms. The molecule has 1 heterocycles. The summed E-state index contributed by atoms with van der Waals surface area (Å²) in [7, 11) is -2.62. The largest absolute Gasteiger partial charge is 0.497 e. The Bertz CT molecular complexity index is 1600. The molecule has 5 rings (SSSR count). The lowest BCUT2D eigenvalue weighted by atomic mass is 10.0. The number of ether oxygens (including phenoxy) is 1. The maximum absolute atomic E-state index is 13.8. The molecule has 4 aromatic carbocycles. The lowest BCUT2D eigenvalue weighted by molar-refractivity contribution is 0.102. The van der Waals surface area contributed by atoms with E-state index in [1.165, 1.54) is 19.2 Å². The quantitative estimate of drug-likeness (QED) is 0.302. The number of nitrogens with zero attached hydrogens (tertiary/aromatic N) is 1. The predicted octanol–water partition coefficient (Wildman–Crippen LogP) is 5.57. The van der Waals surface area contributed by atoms with Crippen LogP contribution in [-0.4, -0.2) is 26.5 Å². The second-order valence-electron chi connectivity index (χ2n) is 7.59. The maximum atomic E-state index is 13.8. The minimum absolute atomic E-state index is 0.0255. The van der Waals surface area contributed by atoms with Crippen LogP contribution in [0, 0.1) is 0 Å². The summed E-state index contributed by atoms with van der Waals surface area (Å²) in [6, 6.07) is 27.4. The van der Waals surface area contributed by atoms with Crippen molar-refractivity contribution in [1.82, 2.24) is 5.16 Å². The van der Waals surface area contributed by atoms with Crippen LogP contribution in [0.15, 0.2) is 111 Å². The molecule has 1 aromatic heterocycles. The van der Waals surface area contributed by atoms with Crippen LogP contribution in [0.5, 0.6) is 5.75 Å². The number of fused-ring (bicyclic) bond motifs is 1. The Morgan fingerprint density at radius 1 is 0.824 bits per heavy atom. The highest BCUT2D eigenvalue weighted by Crippen LogP contribution is 2.38. The van der Waals surface area contributed by atoms with E-state index in [1.54, 1.807) is 48.5 Å². The molecule has 0 bridgehead atoms. The predicted molar refractivity (Wildman–Crippen MR) is 128 cm³/mol. The van der Waals surface area contributed by atoms with Crippen molar-refractivity contribution in [3.63, 3.8) is 0 Å². The summed E-state index contributed by atoms with van der Waals surface area (Å²) < 4.78 is 38.4. The number of rotatable bonds is 6. The van der Waals surface area contributed by atoms with Crippen LogP contribution >= 0.6 is 0 Å². The smallest absolute Gasteiger partial charge is 0.216 e. The highest BCUT2D eigenvalue weighted by atomic mass is 32.2. The number of sulfone groups is 1. The number of benzene rings is 4. The fourth-order valence-electron chi connectivity index (χ4n) is 3.87. The van der Waals surface area contributed by atoms with Crippen molar-refractivity contribution in [2.24, 2.45) is 0 Å². The zero-order valence-electron chi connectivity index (χ0n) is 18.1. The van der Waals surface area contributed by atoms with Gasteiger partial charge < -0.3 is 9.26 Å². The summed E-state index contributed by atoms with van der Waals surface area (Å²) in [4.78, 5) is 13.2. The van der Waals surface area contributed by atoms with E-state index in [0.717, 1.165) is 10.8 Å². The van der Waals surface area contributed by atoms with Gasteiger partial charge in [-0.25, -0.2) is 8.42 Å². The molecular formula is C27H19NO5S. The molecule has 0 amide bonds. The molecule has 0 unspecified atom stereocenters. The van der Waals surface area contributed by atoms with Crippen molar-refractivity contribution in [3.8, 4) is 17.1 Å². The fourth-order valence-corrected chi connectivity index (χ4v) is 5.39. The van der Waals surface area contributed by atoms with E-state index in [4.69, 9.17) is 9.26 Å². The molecule has 0 aliphatic rings. The zero-order valence-corrected chi connectivity index (χ0v) is 19.0. The van der Waals surface area contributed by atoms with Crippen LogP contribution in [0.1, 0.15) is 16.1 Å².